The first kappa shape index (κ1) is 17.9. The summed E-state index contributed by atoms with van der Waals surface area (Å²) in [6, 6.07) is 8.24. The molecule has 136 valence electrons. The van der Waals surface area contributed by atoms with Crippen LogP contribution in [0.5, 0.6) is 0 Å². The van der Waals surface area contributed by atoms with Gasteiger partial charge < -0.3 is 10.0 Å². The van der Waals surface area contributed by atoms with Crippen LogP contribution in [0.2, 0.25) is 0 Å². The summed E-state index contributed by atoms with van der Waals surface area (Å²) in [7, 11) is 0. The summed E-state index contributed by atoms with van der Waals surface area (Å²) >= 11 is 0. The zero-order valence-electron chi connectivity index (χ0n) is 13.5. The van der Waals surface area contributed by atoms with Crippen molar-refractivity contribution in [3.8, 4) is 0 Å². The van der Waals surface area contributed by atoms with Crippen molar-refractivity contribution in [1.29, 1.82) is 0 Å². The number of benzene rings is 1. The van der Waals surface area contributed by atoms with Crippen molar-refractivity contribution in [2.24, 2.45) is 0 Å². The maximum Gasteiger partial charge on any atom is 0.406 e. The van der Waals surface area contributed by atoms with Crippen LogP contribution in [0.1, 0.15) is 39.9 Å². The van der Waals surface area contributed by atoms with Crippen LogP contribution in [0.15, 0.2) is 48.8 Å². The number of carbonyl (C=O) groups is 2. The van der Waals surface area contributed by atoms with Gasteiger partial charge in [0.1, 0.15) is 6.54 Å². The van der Waals surface area contributed by atoms with Crippen molar-refractivity contribution in [3.05, 3.63) is 65.5 Å². The average Bonchev–Trinajstić information content (AvgIpc) is 2.58. The molecule has 1 N–H and O–H groups in total. The lowest BCUT2D eigenvalue weighted by molar-refractivity contribution is -0.147. The predicted molar refractivity (Wildman–Crippen MR) is 85.5 cm³/mol. The zero-order chi connectivity index (χ0) is 18.9. The van der Waals surface area contributed by atoms with Gasteiger partial charge in [0, 0.05) is 23.9 Å². The second-order valence-corrected chi connectivity index (χ2v) is 6.07. The Morgan fingerprint density at radius 3 is 2.54 bits per heavy atom. The normalized spacial score (nSPS) is 20.0. The number of rotatable bonds is 4. The Hall–Kier alpha value is -2.90. The molecule has 0 saturated heterocycles. The molecule has 8 heteroatoms. The molecule has 0 radical (unpaired) electrons. The molecule has 1 aliphatic rings. The van der Waals surface area contributed by atoms with Crippen molar-refractivity contribution in [2.75, 3.05) is 6.54 Å². The molecule has 2 atom stereocenters. The van der Waals surface area contributed by atoms with Gasteiger partial charge in [-0.3, -0.25) is 14.6 Å². The fourth-order valence-corrected chi connectivity index (χ4v) is 3.42. The molecule has 1 aromatic carbocycles. The second-order valence-electron chi connectivity index (χ2n) is 6.07. The van der Waals surface area contributed by atoms with Crippen molar-refractivity contribution in [1.82, 2.24) is 9.88 Å². The van der Waals surface area contributed by atoms with Crippen LogP contribution in [-0.4, -0.2) is 39.6 Å². The summed E-state index contributed by atoms with van der Waals surface area (Å²) in [5, 5.41) is 9.30. The van der Waals surface area contributed by atoms with E-state index in [1.54, 1.807) is 30.3 Å². The van der Waals surface area contributed by atoms with Crippen LogP contribution in [-0.2, 0) is 4.79 Å². The third-order valence-electron chi connectivity index (χ3n) is 4.34. The topological polar surface area (TPSA) is 70.5 Å². The number of carbonyl (C=O) groups excluding carboxylic acids is 1. The summed E-state index contributed by atoms with van der Waals surface area (Å²) in [6.45, 7) is -1.46. The van der Waals surface area contributed by atoms with Crippen LogP contribution in [0.3, 0.4) is 0 Å². The highest BCUT2D eigenvalue weighted by molar-refractivity contribution is 5.98. The van der Waals surface area contributed by atoms with E-state index in [0.29, 0.717) is 16.0 Å². The van der Waals surface area contributed by atoms with Gasteiger partial charge in [-0.15, -0.1) is 0 Å². The Morgan fingerprint density at radius 1 is 1.19 bits per heavy atom. The van der Waals surface area contributed by atoms with Crippen molar-refractivity contribution in [3.63, 3.8) is 0 Å². The van der Waals surface area contributed by atoms with Crippen LogP contribution in [0.4, 0.5) is 13.2 Å². The maximum atomic E-state index is 13.1. The lowest BCUT2D eigenvalue weighted by Crippen LogP contribution is -2.47. The van der Waals surface area contributed by atoms with Gasteiger partial charge in [0.15, 0.2) is 0 Å². The molecule has 0 aliphatic carbocycles. The summed E-state index contributed by atoms with van der Waals surface area (Å²) in [6.07, 6.45) is -2.19. The number of pyridine rings is 1. The molecular formula is C18H15F3N2O3. The smallest absolute Gasteiger partial charge is 0.406 e. The van der Waals surface area contributed by atoms with E-state index >= 15 is 0 Å². The largest absolute Gasteiger partial charge is 0.481 e. The first-order chi connectivity index (χ1) is 12.3. The zero-order valence-corrected chi connectivity index (χ0v) is 13.5. The molecular weight excluding hydrogens is 349 g/mol. The molecule has 2 aromatic rings. The van der Waals surface area contributed by atoms with E-state index in [2.05, 4.69) is 4.98 Å². The van der Waals surface area contributed by atoms with Gasteiger partial charge in [0.05, 0.1) is 12.5 Å². The third kappa shape index (κ3) is 3.54. The average molecular weight is 364 g/mol. The van der Waals surface area contributed by atoms with Crippen LogP contribution < -0.4 is 0 Å². The molecule has 0 bridgehead atoms. The molecule has 26 heavy (non-hydrogen) atoms. The van der Waals surface area contributed by atoms with Crippen molar-refractivity contribution in [2.45, 2.75) is 24.6 Å². The van der Waals surface area contributed by atoms with E-state index in [0.717, 1.165) is 0 Å². The molecule has 1 amide bonds. The van der Waals surface area contributed by atoms with Crippen LogP contribution in [0.25, 0.3) is 0 Å². The Labute approximate surface area is 147 Å². The summed E-state index contributed by atoms with van der Waals surface area (Å²) < 4.78 is 39.4. The highest BCUT2D eigenvalue weighted by Crippen LogP contribution is 2.45. The summed E-state index contributed by atoms with van der Waals surface area (Å²) in [5.74, 6) is -2.73. The minimum absolute atomic E-state index is 0.100. The van der Waals surface area contributed by atoms with Gasteiger partial charge >= 0.3 is 12.1 Å². The minimum atomic E-state index is -4.61. The van der Waals surface area contributed by atoms with E-state index < -0.39 is 43.0 Å². The molecule has 0 spiro atoms. The Morgan fingerprint density at radius 2 is 1.92 bits per heavy atom. The number of aliphatic carboxylic acids is 1. The third-order valence-corrected chi connectivity index (χ3v) is 4.34. The first-order valence-electron chi connectivity index (χ1n) is 7.86. The van der Waals surface area contributed by atoms with Crippen molar-refractivity contribution >= 4 is 11.9 Å². The van der Waals surface area contributed by atoms with Crippen molar-refractivity contribution < 1.29 is 27.9 Å². The van der Waals surface area contributed by atoms with Gasteiger partial charge in [-0.25, -0.2) is 0 Å². The van der Waals surface area contributed by atoms with Gasteiger partial charge in [0.2, 0.25) is 0 Å². The number of hydrogen-bond acceptors (Lipinski definition) is 3. The van der Waals surface area contributed by atoms with Crippen LogP contribution in [0, 0.1) is 0 Å². The number of fused-ring (bicyclic) bond motifs is 1. The number of aromatic nitrogens is 1. The molecule has 5 nitrogen and oxygen atoms in total. The van der Waals surface area contributed by atoms with Gasteiger partial charge in [-0.1, -0.05) is 24.3 Å². The maximum absolute atomic E-state index is 13.1. The van der Waals surface area contributed by atoms with E-state index in [1.165, 1.54) is 18.5 Å². The first-order valence-corrected chi connectivity index (χ1v) is 7.86. The molecule has 1 aromatic heterocycles. The van der Waals surface area contributed by atoms with E-state index in [-0.39, 0.29) is 5.56 Å². The number of carboxylic acids is 1. The molecule has 0 fully saturated rings. The molecule has 2 heterocycles. The molecule has 2 unspecified atom stereocenters. The van der Waals surface area contributed by atoms with Gasteiger partial charge in [-0.2, -0.15) is 13.2 Å². The minimum Gasteiger partial charge on any atom is -0.481 e. The predicted octanol–water partition coefficient (Wildman–Crippen LogP) is 3.40. The Balaban J connectivity index is 2.18. The second kappa shape index (κ2) is 6.78. The summed E-state index contributed by atoms with van der Waals surface area (Å²) in [4.78, 5) is 28.8. The fraction of sp³-hybridized carbons (Fsp3) is 0.278. The van der Waals surface area contributed by atoms with E-state index in [4.69, 9.17) is 0 Å². The number of alkyl halides is 3. The fourth-order valence-electron chi connectivity index (χ4n) is 3.42. The van der Waals surface area contributed by atoms with Gasteiger partial charge in [0.25, 0.3) is 5.91 Å². The van der Waals surface area contributed by atoms with E-state index in [1.807, 2.05) is 0 Å². The quantitative estimate of drug-likeness (QED) is 0.903. The highest BCUT2D eigenvalue weighted by Gasteiger charge is 2.45. The standard InChI is InChI=1S/C18H15F3N2O3/c19-18(20,21)10-23-16(11-4-3-7-22-9-11)14(8-15(24)25)12-5-1-2-6-13(12)17(23)26/h1-7,9,14,16H,8,10H2,(H,24,25). The SMILES string of the molecule is O=C(O)CC1c2ccccc2C(=O)N(CC(F)(F)F)C1c1cccnc1. The van der Waals surface area contributed by atoms with Gasteiger partial charge in [-0.05, 0) is 23.3 Å². The number of carboxylic acid groups (broad SMARTS) is 1. The monoisotopic (exact) mass is 364 g/mol. The Kier molecular flexibility index (Phi) is 4.67. The van der Waals surface area contributed by atoms with E-state index in [9.17, 15) is 27.9 Å². The lowest BCUT2D eigenvalue weighted by atomic mass is 9.78. The number of amides is 1. The summed E-state index contributed by atoms with van der Waals surface area (Å²) in [5.41, 5.74) is 0.904. The highest BCUT2D eigenvalue weighted by atomic mass is 19.4. The van der Waals surface area contributed by atoms with Crippen LogP contribution >= 0.6 is 0 Å². The Bertz CT molecular complexity index is 824. The number of halogens is 3. The number of nitrogens with zero attached hydrogens (tertiary/aromatic N) is 2. The lowest BCUT2D eigenvalue weighted by Gasteiger charge is -2.42. The molecule has 3 rings (SSSR count). The molecule has 1 aliphatic heterocycles. The number of hydrogen-bond donors (Lipinski definition) is 1. The molecule has 0 saturated carbocycles.